The van der Waals surface area contributed by atoms with Gasteiger partial charge in [0.2, 0.25) is 0 Å². The van der Waals surface area contributed by atoms with Crippen LogP contribution in [0.1, 0.15) is 43.2 Å². The van der Waals surface area contributed by atoms with E-state index in [1.54, 1.807) is 0 Å². The van der Waals surface area contributed by atoms with E-state index in [-0.39, 0.29) is 0 Å². The lowest BCUT2D eigenvalue weighted by molar-refractivity contribution is 0.110. The predicted octanol–water partition coefficient (Wildman–Crippen LogP) is 4.91. The molecule has 0 N–H and O–H groups in total. The van der Waals surface area contributed by atoms with Gasteiger partial charge in [0.05, 0.1) is 12.2 Å². The summed E-state index contributed by atoms with van der Waals surface area (Å²) in [6.07, 6.45) is 3.62. The molecule has 4 nitrogen and oxygen atoms in total. The molecule has 2 unspecified atom stereocenters. The first-order chi connectivity index (χ1) is 14.1. The minimum Gasteiger partial charge on any atom is -0.492 e. The van der Waals surface area contributed by atoms with Crippen LogP contribution in [0.5, 0.6) is 5.75 Å². The number of benzene rings is 2. The van der Waals surface area contributed by atoms with Crippen molar-refractivity contribution in [2.45, 2.75) is 32.1 Å². The second-order valence-electron chi connectivity index (χ2n) is 8.21. The van der Waals surface area contributed by atoms with Gasteiger partial charge in [-0.2, -0.15) is 5.26 Å². The highest BCUT2D eigenvalue weighted by Crippen LogP contribution is 2.35. The summed E-state index contributed by atoms with van der Waals surface area (Å²) in [6, 6.07) is 18.7. The van der Waals surface area contributed by atoms with Crippen molar-refractivity contribution in [2.75, 3.05) is 45.2 Å². The van der Waals surface area contributed by atoms with Crippen LogP contribution in [0.3, 0.4) is 0 Å². The molecular formula is C25H33N3O. The minimum atomic E-state index is 0.414. The fourth-order valence-corrected chi connectivity index (χ4v) is 4.20. The Morgan fingerprint density at radius 1 is 1.14 bits per heavy atom. The van der Waals surface area contributed by atoms with E-state index in [2.05, 4.69) is 61.2 Å². The minimum absolute atomic E-state index is 0.414. The number of rotatable bonds is 8. The van der Waals surface area contributed by atoms with Gasteiger partial charge < -0.3 is 14.5 Å². The Hall–Kier alpha value is -2.51. The summed E-state index contributed by atoms with van der Waals surface area (Å²) < 4.78 is 6.18. The van der Waals surface area contributed by atoms with Crippen LogP contribution < -0.4 is 9.64 Å². The number of nitriles is 1. The summed E-state index contributed by atoms with van der Waals surface area (Å²) in [7, 11) is 4.15. The highest BCUT2D eigenvalue weighted by Gasteiger charge is 2.31. The molecule has 1 aliphatic rings. The SMILES string of the molecule is CCCCN1CCC(c2ccc(N(C)C)cc2)C(COc2ccccc2C#N)C1. The number of anilines is 1. The van der Waals surface area contributed by atoms with Crippen molar-refractivity contribution in [3.63, 3.8) is 0 Å². The van der Waals surface area contributed by atoms with Crippen LogP contribution in [0.25, 0.3) is 0 Å². The maximum Gasteiger partial charge on any atom is 0.137 e. The number of para-hydroxylation sites is 1. The maximum atomic E-state index is 9.35. The van der Waals surface area contributed by atoms with Gasteiger partial charge in [0.25, 0.3) is 0 Å². The standard InChI is InChI=1S/C25H33N3O/c1-4-5-15-28-16-14-24(20-10-12-23(13-11-20)27(2)3)22(18-28)19-29-25-9-7-6-8-21(25)17-26/h6-13,22,24H,4-5,14-16,18-19H2,1-3H3. The second-order valence-corrected chi connectivity index (χ2v) is 8.21. The molecule has 2 atom stereocenters. The van der Waals surface area contributed by atoms with Gasteiger partial charge in [-0.25, -0.2) is 0 Å². The van der Waals surface area contributed by atoms with Crippen LogP contribution in [0.15, 0.2) is 48.5 Å². The molecule has 4 heteroatoms. The lowest BCUT2D eigenvalue weighted by Gasteiger charge is -2.39. The Morgan fingerprint density at radius 2 is 1.90 bits per heavy atom. The molecule has 0 radical (unpaired) electrons. The van der Waals surface area contributed by atoms with E-state index in [0.717, 1.165) is 26.1 Å². The molecule has 0 spiro atoms. The van der Waals surface area contributed by atoms with E-state index in [1.165, 1.54) is 24.1 Å². The summed E-state index contributed by atoms with van der Waals surface area (Å²) in [5.74, 6) is 1.60. The van der Waals surface area contributed by atoms with Gasteiger partial charge in [-0.15, -0.1) is 0 Å². The van der Waals surface area contributed by atoms with Crippen molar-refractivity contribution in [3.8, 4) is 11.8 Å². The second kappa shape index (κ2) is 10.3. The van der Waals surface area contributed by atoms with Gasteiger partial charge in [-0.05, 0) is 61.7 Å². The number of unbranched alkanes of at least 4 members (excludes halogenated alkanes) is 1. The highest BCUT2D eigenvalue weighted by atomic mass is 16.5. The first-order valence-corrected chi connectivity index (χ1v) is 10.7. The molecule has 0 aliphatic carbocycles. The topological polar surface area (TPSA) is 39.5 Å². The van der Waals surface area contributed by atoms with Crippen molar-refractivity contribution in [3.05, 3.63) is 59.7 Å². The van der Waals surface area contributed by atoms with Crippen molar-refractivity contribution >= 4 is 5.69 Å². The van der Waals surface area contributed by atoms with E-state index >= 15 is 0 Å². The van der Waals surface area contributed by atoms with Crippen LogP contribution in [-0.2, 0) is 0 Å². The maximum absolute atomic E-state index is 9.35. The third kappa shape index (κ3) is 5.52. The first kappa shape index (κ1) is 21.2. The van der Waals surface area contributed by atoms with E-state index in [1.807, 2.05) is 24.3 Å². The lowest BCUT2D eigenvalue weighted by atomic mass is 9.80. The zero-order valence-corrected chi connectivity index (χ0v) is 18.0. The molecule has 1 heterocycles. The highest BCUT2D eigenvalue weighted by molar-refractivity contribution is 5.47. The Labute approximate surface area is 175 Å². The van der Waals surface area contributed by atoms with Crippen LogP contribution in [0.2, 0.25) is 0 Å². The predicted molar refractivity (Wildman–Crippen MR) is 120 cm³/mol. The quantitative estimate of drug-likeness (QED) is 0.641. The van der Waals surface area contributed by atoms with Gasteiger partial charge in [-0.3, -0.25) is 0 Å². The molecule has 1 aliphatic heterocycles. The Balaban J connectivity index is 1.75. The first-order valence-electron chi connectivity index (χ1n) is 10.7. The van der Waals surface area contributed by atoms with Gasteiger partial charge >= 0.3 is 0 Å². The molecule has 1 fully saturated rings. The van der Waals surface area contributed by atoms with Crippen molar-refractivity contribution < 1.29 is 4.74 Å². The zero-order chi connectivity index (χ0) is 20.6. The monoisotopic (exact) mass is 391 g/mol. The van der Waals surface area contributed by atoms with Crippen LogP contribution in [0, 0.1) is 17.2 Å². The molecule has 3 rings (SSSR count). The molecular weight excluding hydrogens is 358 g/mol. The van der Waals surface area contributed by atoms with Gasteiger partial charge in [-0.1, -0.05) is 37.6 Å². The normalized spacial score (nSPS) is 19.5. The molecule has 0 saturated carbocycles. The lowest BCUT2D eigenvalue weighted by Crippen LogP contribution is -2.42. The molecule has 154 valence electrons. The third-order valence-electron chi connectivity index (χ3n) is 5.94. The molecule has 2 aromatic carbocycles. The van der Waals surface area contributed by atoms with Crippen molar-refractivity contribution in [1.82, 2.24) is 4.90 Å². The van der Waals surface area contributed by atoms with E-state index < -0.39 is 0 Å². The zero-order valence-electron chi connectivity index (χ0n) is 18.0. The largest absolute Gasteiger partial charge is 0.492 e. The molecule has 0 bridgehead atoms. The number of likely N-dealkylation sites (tertiary alicyclic amines) is 1. The van der Waals surface area contributed by atoms with Crippen molar-refractivity contribution in [2.24, 2.45) is 5.92 Å². The number of hydrogen-bond acceptors (Lipinski definition) is 4. The smallest absolute Gasteiger partial charge is 0.137 e. The fraction of sp³-hybridized carbons (Fsp3) is 0.480. The summed E-state index contributed by atoms with van der Waals surface area (Å²) in [5, 5.41) is 9.35. The van der Waals surface area contributed by atoms with Gasteiger partial charge in [0, 0.05) is 32.2 Å². The number of hydrogen-bond donors (Lipinski definition) is 0. The Morgan fingerprint density at radius 3 is 2.59 bits per heavy atom. The average molecular weight is 392 g/mol. The molecule has 29 heavy (non-hydrogen) atoms. The molecule has 0 amide bonds. The van der Waals surface area contributed by atoms with Crippen molar-refractivity contribution in [1.29, 1.82) is 5.26 Å². The third-order valence-corrected chi connectivity index (χ3v) is 5.94. The van der Waals surface area contributed by atoms with Gasteiger partial charge in [0.15, 0.2) is 0 Å². The van der Waals surface area contributed by atoms with E-state index in [9.17, 15) is 5.26 Å². The summed E-state index contributed by atoms with van der Waals surface area (Å²) in [4.78, 5) is 4.72. The van der Waals surface area contributed by atoms with Crippen LogP contribution in [0.4, 0.5) is 5.69 Å². The Kier molecular flexibility index (Phi) is 7.55. The van der Waals surface area contributed by atoms with Crippen LogP contribution in [-0.4, -0.2) is 45.2 Å². The Bertz CT molecular complexity index is 810. The molecule has 0 aromatic heterocycles. The number of piperidine rings is 1. The summed E-state index contributed by atoms with van der Waals surface area (Å²) in [5.41, 5.74) is 3.23. The molecule has 2 aromatic rings. The average Bonchev–Trinajstić information content (AvgIpc) is 2.76. The van der Waals surface area contributed by atoms with Gasteiger partial charge in [0.1, 0.15) is 11.8 Å². The summed E-state index contributed by atoms with van der Waals surface area (Å²) >= 11 is 0. The molecule has 1 saturated heterocycles. The fourth-order valence-electron chi connectivity index (χ4n) is 4.20. The summed E-state index contributed by atoms with van der Waals surface area (Å²) in [6.45, 7) is 6.24. The van der Waals surface area contributed by atoms with Crippen LogP contribution >= 0.6 is 0 Å². The van der Waals surface area contributed by atoms with E-state index in [0.29, 0.717) is 29.8 Å². The van der Waals surface area contributed by atoms with E-state index in [4.69, 9.17) is 4.74 Å². The number of nitrogens with zero attached hydrogens (tertiary/aromatic N) is 3. The number of ether oxygens (including phenoxy) is 1.